The summed E-state index contributed by atoms with van der Waals surface area (Å²) >= 11 is 0. The lowest BCUT2D eigenvalue weighted by atomic mass is 9.87. The predicted molar refractivity (Wildman–Crippen MR) is 61.9 cm³/mol. The third kappa shape index (κ3) is 1.42. The summed E-state index contributed by atoms with van der Waals surface area (Å²) in [5, 5.41) is 2.24. The van der Waals surface area contributed by atoms with Crippen LogP contribution in [0.3, 0.4) is 0 Å². The largest absolute Gasteiger partial charge is 0.324 e. The Morgan fingerprint density at radius 3 is 2.36 bits per heavy atom. The predicted octanol–water partition coefficient (Wildman–Crippen LogP) is 1.65. The molecule has 0 aliphatic heterocycles. The van der Waals surface area contributed by atoms with Crippen LogP contribution in [0.25, 0.3) is 10.8 Å². The minimum atomic E-state index is 0.0421. The standard InChI is InChI=1S/C12H12BN/c1-8(14)9-6-7-12(13)11-5-3-2-4-10(9)11/h2-8H,14H2,1H3/t8-/m1/s1. The average Bonchev–Trinajstić information content (AvgIpc) is 2.18. The number of fused-ring (bicyclic) bond motifs is 1. The van der Waals surface area contributed by atoms with Crippen molar-refractivity contribution in [3.63, 3.8) is 0 Å². The van der Waals surface area contributed by atoms with Crippen molar-refractivity contribution in [3.05, 3.63) is 42.0 Å². The molecular weight excluding hydrogens is 169 g/mol. The Balaban J connectivity index is 2.82. The maximum atomic E-state index is 5.89. The summed E-state index contributed by atoms with van der Waals surface area (Å²) in [7, 11) is 5.88. The molecule has 0 saturated carbocycles. The van der Waals surface area contributed by atoms with Crippen LogP contribution in [-0.4, -0.2) is 7.85 Å². The zero-order valence-electron chi connectivity index (χ0n) is 8.20. The molecule has 2 radical (unpaired) electrons. The fraction of sp³-hybridized carbons (Fsp3) is 0.167. The van der Waals surface area contributed by atoms with Gasteiger partial charge in [-0.05, 0) is 23.3 Å². The van der Waals surface area contributed by atoms with Crippen LogP contribution in [0.15, 0.2) is 36.4 Å². The molecule has 1 atom stereocenters. The number of rotatable bonds is 1. The van der Waals surface area contributed by atoms with Crippen molar-refractivity contribution in [2.45, 2.75) is 13.0 Å². The molecular formula is C12H12BN. The van der Waals surface area contributed by atoms with Gasteiger partial charge in [0.2, 0.25) is 0 Å². The van der Waals surface area contributed by atoms with Crippen LogP contribution in [0.5, 0.6) is 0 Å². The second-order valence-electron chi connectivity index (χ2n) is 3.58. The Morgan fingerprint density at radius 2 is 1.71 bits per heavy atom. The first-order valence-electron chi connectivity index (χ1n) is 4.73. The highest BCUT2D eigenvalue weighted by molar-refractivity contribution is 6.38. The molecule has 0 aliphatic carbocycles. The van der Waals surface area contributed by atoms with Gasteiger partial charge in [-0.15, -0.1) is 0 Å². The summed E-state index contributed by atoms with van der Waals surface area (Å²) in [6.45, 7) is 1.98. The number of hydrogen-bond donors (Lipinski definition) is 1. The second kappa shape index (κ2) is 3.47. The van der Waals surface area contributed by atoms with E-state index in [-0.39, 0.29) is 6.04 Å². The van der Waals surface area contributed by atoms with Gasteiger partial charge in [0, 0.05) is 6.04 Å². The van der Waals surface area contributed by atoms with E-state index < -0.39 is 0 Å². The minimum Gasteiger partial charge on any atom is -0.324 e. The summed E-state index contributed by atoms with van der Waals surface area (Å²) < 4.78 is 0. The first-order chi connectivity index (χ1) is 6.70. The van der Waals surface area contributed by atoms with E-state index in [0.29, 0.717) is 0 Å². The lowest BCUT2D eigenvalue weighted by Gasteiger charge is -2.11. The van der Waals surface area contributed by atoms with Crippen LogP contribution >= 0.6 is 0 Å². The highest BCUT2D eigenvalue weighted by Gasteiger charge is 2.05. The van der Waals surface area contributed by atoms with E-state index >= 15 is 0 Å². The molecule has 0 fully saturated rings. The lowest BCUT2D eigenvalue weighted by Crippen LogP contribution is -2.10. The van der Waals surface area contributed by atoms with Gasteiger partial charge in [-0.2, -0.15) is 0 Å². The smallest absolute Gasteiger partial charge is 0.114 e. The monoisotopic (exact) mass is 181 g/mol. The van der Waals surface area contributed by atoms with Crippen LogP contribution in [0.4, 0.5) is 0 Å². The Hall–Kier alpha value is -1.28. The summed E-state index contributed by atoms with van der Waals surface area (Å²) in [4.78, 5) is 0. The Kier molecular flexibility index (Phi) is 2.30. The first kappa shape index (κ1) is 9.29. The van der Waals surface area contributed by atoms with Crippen LogP contribution in [0.2, 0.25) is 0 Å². The molecule has 0 heterocycles. The number of nitrogens with two attached hydrogens (primary N) is 1. The normalized spacial score (nSPS) is 13.0. The molecule has 68 valence electrons. The highest BCUT2D eigenvalue weighted by atomic mass is 14.6. The molecule has 2 rings (SSSR count). The van der Waals surface area contributed by atoms with Crippen molar-refractivity contribution in [2.75, 3.05) is 0 Å². The van der Waals surface area contributed by atoms with E-state index in [1.807, 2.05) is 37.3 Å². The van der Waals surface area contributed by atoms with Crippen molar-refractivity contribution < 1.29 is 0 Å². The van der Waals surface area contributed by atoms with Crippen molar-refractivity contribution in [1.82, 2.24) is 0 Å². The molecule has 0 bridgehead atoms. The van der Waals surface area contributed by atoms with Gasteiger partial charge in [0.1, 0.15) is 7.85 Å². The van der Waals surface area contributed by atoms with E-state index in [2.05, 4.69) is 6.07 Å². The Bertz CT molecular complexity index is 463. The van der Waals surface area contributed by atoms with Crippen LogP contribution < -0.4 is 11.2 Å². The first-order valence-corrected chi connectivity index (χ1v) is 4.73. The van der Waals surface area contributed by atoms with Gasteiger partial charge >= 0.3 is 0 Å². The molecule has 0 spiro atoms. The van der Waals surface area contributed by atoms with E-state index in [1.165, 1.54) is 0 Å². The van der Waals surface area contributed by atoms with Gasteiger partial charge in [0.05, 0.1) is 0 Å². The number of benzene rings is 2. The SMILES string of the molecule is [B]c1ccc([C@@H](C)N)c2ccccc12. The molecule has 1 nitrogen and oxygen atoms in total. The van der Waals surface area contributed by atoms with E-state index in [9.17, 15) is 0 Å². The molecule has 2 N–H and O–H groups in total. The maximum absolute atomic E-state index is 5.89. The Morgan fingerprint density at radius 1 is 1.07 bits per heavy atom. The topological polar surface area (TPSA) is 26.0 Å². The lowest BCUT2D eigenvalue weighted by molar-refractivity contribution is 0.827. The second-order valence-corrected chi connectivity index (χ2v) is 3.58. The third-order valence-corrected chi connectivity index (χ3v) is 2.48. The quantitative estimate of drug-likeness (QED) is 0.665. The Labute approximate surface area is 85.3 Å². The molecule has 2 aromatic rings. The molecule has 0 saturated heterocycles. The van der Waals surface area contributed by atoms with Gasteiger partial charge in [-0.25, -0.2) is 0 Å². The molecule has 0 unspecified atom stereocenters. The van der Waals surface area contributed by atoms with Crippen molar-refractivity contribution in [3.8, 4) is 0 Å². The summed E-state index contributed by atoms with van der Waals surface area (Å²) in [5.41, 5.74) is 7.85. The summed E-state index contributed by atoms with van der Waals surface area (Å²) in [5.74, 6) is 0. The zero-order valence-corrected chi connectivity index (χ0v) is 8.20. The van der Waals surface area contributed by atoms with Crippen molar-refractivity contribution in [1.29, 1.82) is 0 Å². The van der Waals surface area contributed by atoms with Crippen LogP contribution in [-0.2, 0) is 0 Å². The van der Waals surface area contributed by atoms with E-state index in [1.54, 1.807) is 0 Å². The third-order valence-electron chi connectivity index (χ3n) is 2.48. The summed E-state index contributed by atoms with van der Waals surface area (Å²) in [6, 6.07) is 12.0. The fourth-order valence-electron chi connectivity index (χ4n) is 1.74. The molecule has 0 aliphatic rings. The van der Waals surface area contributed by atoms with Crippen LogP contribution in [0, 0.1) is 0 Å². The summed E-state index contributed by atoms with van der Waals surface area (Å²) in [6.07, 6.45) is 0. The van der Waals surface area contributed by atoms with Crippen LogP contribution in [0.1, 0.15) is 18.5 Å². The van der Waals surface area contributed by atoms with E-state index in [0.717, 1.165) is 21.8 Å². The molecule has 2 heteroatoms. The molecule has 14 heavy (non-hydrogen) atoms. The van der Waals surface area contributed by atoms with Gasteiger partial charge in [0.25, 0.3) is 0 Å². The maximum Gasteiger partial charge on any atom is 0.114 e. The van der Waals surface area contributed by atoms with E-state index in [4.69, 9.17) is 13.6 Å². The average molecular weight is 181 g/mol. The van der Waals surface area contributed by atoms with Gasteiger partial charge in [-0.1, -0.05) is 41.9 Å². The number of hydrogen-bond acceptors (Lipinski definition) is 1. The molecule has 2 aromatic carbocycles. The van der Waals surface area contributed by atoms with Gasteiger partial charge in [-0.3, -0.25) is 0 Å². The van der Waals surface area contributed by atoms with Crippen molar-refractivity contribution >= 4 is 24.1 Å². The molecule has 0 amide bonds. The van der Waals surface area contributed by atoms with Crippen molar-refractivity contribution in [2.24, 2.45) is 5.73 Å². The highest BCUT2D eigenvalue weighted by Crippen LogP contribution is 2.20. The van der Waals surface area contributed by atoms with Gasteiger partial charge in [0.15, 0.2) is 0 Å². The zero-order chi connectivity index (χ0) is 10.1. The molecule has 0 aromatic heterocycles. The van der Waals surface area contributed by atoms with Gasteiger partial charge < -0.3 is 5.73 Å². The fourth-order valence-corrected chi connectivity index (χ4v) is 1.74. The minimum absolute atomic E-state index is 0.0421.